The van der Waals surface area contributed by atoms with Crippen molar-refractivity contribution in [3.05, 3.63) is 38.9 Å². The summed E-state index contributed by atoms with van der Waals surface area (Å²) in [5.74, 6) is 1.23. The molecule has 1 aliphatic carbocycles. The normalized spacial score (nSPS) is 25.8. The van der Waals surface area contributed by atoms with Crippen LogP contribution in [0.5, 0.6) is 0 Å². The zero-order chi connectivity index (χ0) is 15.4. The molecule has 21 heavy (non-hydrogen) atoms. The van der Waals surface area contributed by atoms with Crippen LogP contribution in [-0.4, -0.2) is 9.75 Å². The minimum Gasteiger partial charge on any atom is -0.258 e. The lowest BCUT2D eigenvalue weighted by atomic mass is 9.77. The van der Waals surface area contributed by atoms with Gasteiger partial charge in [-0.3, -0.25) is 10.1 Å². The van der Waals surface area contributed by atoms with E-state index in [2.05, 4.69) is 22.9 Å². The number of hydrogen-bond donors (Lipinski definition) is 0. The minimum atomic E-state index is -0.323. The Hall–Kier alpha value is -0.610. The van der Waals surface area contributed by atoms with E-state index in [-0.39, 0.29) is 10.6 Å². The molecule has 3 unspecified atom stereocenters. The summed E-state index contributed by atoms with van der Waals surface area (Å²) in [7, 11) is 0. The first-order valence-corrected chi connectivity index (χ1v) is 8.87. The number of hydrogen-bond acceptors (Lipinski definition) is 2. The summed E-state index contributed by atoms with van der Waals surface area (Å²) in [4.78, 5) is 11.3. The van der Waals surface area contributed by atoms with Crippen LogP contribution < -0.4 is 0 Å². The van der Waals surface area contributed by atoms with Crippen molar-refractivity contribution in [2.24, 2.45) is 11.8 Å². The molecule has 0 radical (unpaired) electrons. The summed E-state index contributed by atoms with van der Waals surface area (Å²) in [6, 6.07) is 5.02. The zero-order valence-corrected chi connectivity index (χ0v) is 14.6. The predicted molar refractivity (Wildman–Crippen MR) is 90.3 cm³/mol. The van der Waals surface area contributed by atoms with Crippen LogP contribution in [0.15, 0.2) is 18.2 Å². The van der Waals surface area contributed by atoms with Crippen molar-refractivity contribution < 1.29 is 4.92 Å². The topological polar surface area (TPSA) is 43.1 Å². The lowest BCUT2D eigenvalue weighted by Gasteiger charge is -2.33. The Morgan fingerprint density at radius 2 is 2.19 bits per heavy atom. The highest BCUT2D eigenvalue weighted by Gasteiger charge is 2.30. The summed E-state index contributed by atoms with van der Waals surface area (Å²) in [5.41, 5.74) is 0.954. The van der Waals surface area contributed by atoms with E-state index < -0.39 is 0 Å². The number of rotatable bonds is 5. The Labute approximate surface area is 139 Å². The fourth-order valence-electron chi connectivity index (χ4n) is 3.37. The molecule has 0 aromatic heterocycles. The van der Waals surface area contributed by atoms with E-state index >= 15 is 0 Å². The van der Waals surface area contributed by atoms with Crippen molar-refractivity contribution in [1.29, 1.82) is 0 Å². The van der Waals surface area contributed by atoms with Crippen LogP contribution in [0.25, 0.3) is 0 Å². The number of halogens is 2. The van der Waals surface area contributed by atoms with Crippen molar-refractivity contribution in [3.8, 4) is 0 Å². The molecule has 116 valence electrons. The van der Waals surface area contributed by atoms with Gasteiger partial charge in [-0.1, -0.05) is 53.4 Å². The van der Waals surface area contributed by atoms with Gasteiger partial charge in [0.1, 0.15) is 0 Å². The van der Waals surface area contributed by atoms with Crippen molar-refractivity contribution in [2.75, 3.05) is 0 Å². The standard InChI is InChI=1S/C16H21BrClNO2/c1-2-3-11-4-7-15(17)13(8-11)9-12-5-6-14(18)10-16(12)19(20)21/h5-6,10-11,13,15H,2-4,7-9H2,1H3. The first-order chi connectivity index (χ1) is 10.0. The monoisotopic (exact) mass is 373 g/mol. The van der Waals surface area contributed by atoms with Crippen molar-refractivity contribution in [1.82, 2.24) is 0 Å². The third-order valence-corrected chi connectivity index (χ3v) is 5.86. The zero-order valence-electron chi connectivity index (χ0n) is 12.2. The van der Waals surface area contributed by atoms with Gasteiger partial charge in [-0.05, 0) is 43.6 Å². The van der Waals surface area contributed by atoms with E-state index in [4.69, 9.17) is 11.6 Å². The summed E-state index contributed by atoms with van der Waals surface area (Å²) < 4.78 is 0. The second-order valence-corrected chi connectivity index (χ2v) is 7.59. The summed E-state index contributed by atoms with van der Waals surface area (Å²) in [5, 5.41) is 11.6. The number of nitro groups is 1. The van der Waals surface area contributed by atoms with Gasteiger partial charge >= 0.3 is 0 Å². The molecule has 0 spiro atoms. The minimum absolute atomic E-state index is 0.153. The third kappa shape index (κ3) is 4.43. The molecule has 3 nitrogen and oxygen atoms in total. The van der Waals surface area contributed by atoms with Crippen LogP contribution in [0.2, 0.25) is 5.02 Å². The van der Waals surface area contributed by atoms with Crippen LogP contribution in [0.1, 0.15) is 44.6 Å². The van der Waals surface area contributed by atoms with Crippen LogP contribution >= 0.6 is 27.5 Å². The smallest absolute Gasteiger partial charge is 0.258 e. The second-order valence-electron chi connectivity index (χ2n) is 5.98. The SMILES string of the molecule is CCCC1CCC(Br)C(Cc2ccc(Cl)cc2[N+](=O)[O-])C1. The van der Waals surface area contributed by atoms with Crippen LogP contribution in [-0.2, 0) is 6.42 Å². The first-order valence-electron chi connectivity index (χ1n) is 7.58. The molecule has 0 saturated heterocycles. The van der Waals surface area contributed by atoms with Gasteiger partial charge in [-0.15, -0.1) is 0 Å². The van der Waals surface area contributed by atoms with E-state index in [0.29, 0.717) is 15.8 Å². The summed E-state index contributed by atoms with van der Waals surface area (Å²) in [6.07, 6.45) is 6.82. The Bertz CT molecular complexity index is 509. The Morgan fingerprint density at radius 1 is 1.43 bits per heavy atom. The fourth-order valence-corrected chi connectivity index (χ4v) is 4.20. The molecule has 0 heterocycles. The quantitative estimate of drug-likeness (QED) is 0.373. The highest BCUT2D eigenvalue weighted by Crippen LogP contribution is 2.39. The van der Waals surface area contributed by atoms with Gasteiger partial charge in [0, 0.05) is 21.5 Å². The molecule has 0 N–H and O–H groups in total. The number of nitro benzene ring substituents is 1. The highest BCUT2D eigenvalue weighted by molar-refractivity contribution is 9.09. The Morgan fingerprint density at radius 3 is 2.86 bits per heavy atom. The van der Waals surface area contributed by atoms with Gasteiger partial charge in [0.15, 0.2) is 0 Å². The first kappa shape index (κ1) is 16.8. The van der Waals surface area contributed by atoms with Crippen LogP contribution in [0.3, 0.4) is 0 Å². The molecule has 0 bridgehead atoms. The average Bonchev–Trinajstić information content (AvgIpc) is 2.44. The Kier molecular flexibility index (Phi) is 6.06. The van der Waals surface area contributed by atoms with Gasteiger partial charge in [-0.2, -0.15) is 0 Å². The van der Waals surface area contributed by atoms with Gasteiger partial charge in [0.05, 0.1) is 4.92 Å². The van der Waals surface area contributed by atoms with E-state index in [1.165, 1.54) is 25.3 Å². The molecule has 0 aliphatic heterocycles. The largest absolute Gasteiger partial charge is 0.274 e. The molecule has 2 rings (SSSR count). The lowest BCUT2D eigenvalue weighted by Crippen LogP contribution is -2.27. The van der Waals surface area contributed by atoms with Gasteiger partial charge in [-0.25, -0.2) is 0 Å². The predicted octanol–water partition coefficient (Wildman–Crippen LogP) is 5.77. The van der Waals surface area contributed by atoms with Gasteiger partial charge < -0.3 is 0 Å². The molecule has 1 fully saturated rings. The highest BCUT2D eigenvalue weighted by atomic mass is 79.9. The third-order valence-electron chi connectivity index (χ3n) is 4.42. The van der Waals surface area contributed by atoms with E-state index in [0.717, 1.165) is 30.7 Å². The van der Waals surface area contributed by atoms with Crippen LogP contribution in [0.4, 0.5) is 5.69 Å². The molecule has 1 aromatic carbocycles. The maximum absolute atomic E-state index is 11.2. The molecule has 3 atom stereocenters. The molecular weight excluding hydrogens is 354 g/mol. The molecular formula is C16H21BrClNO2. The lowest BCUT2D eigenvalue weighted by molar-refractivity contribution is -0.385. The van der Waals surface area contributed by atoms with Crippen molar-refractivity contribution >= 4 is 33.2 Å². The van der Waals surface area contributed by atoms with E-state index in [9.17, 15) is 10.1 Å². The molecule has 1 aromatic rings. The second kappa shape index (κ2) is 7.59. The molecule has 1 aliphatic rings. The van der Waals surface area contributed by atoms with Crippen molar-refractivity contribution in [2.45, 2.75) is 50.3 Å². The molecule has 0 amide bonds. The maximum atomic E-state index is 11.2. The van der Waals surface area contributed by atoms with Gasteiger partial charge in [0.25, 0.3) is 5.69 Å². The van der Waals surface area contributed by atoms with Crippen LogP contribution in [0, 0.1) is 22.0 Å². The molecule has 5 heteroatoms. The van der Waals surface area contributed by atoms with Gasteiger partial charge in [0.2, 0.25) is 0 Å². The Balaban J connectivity index is 2.14. The summed E-state index contributed by atoms with van der Waals surface area (Å²) >= 11 is 9.65. The van der Waals surface area contributed by atoms with Crippen molar-refractivity contribution in [3.63, 3.8) is 0 Å². The number of nitrogens with zero attached hydrogens (tertiary/aromatic N) is 1. The fraction of sp³-hybridized carbons (Fsp3) is 0.625. The number of alkyl halides is 1. The average molecular weight is 375 g/mol. The van der Waals surface area contributed by atoms with E-state index in [1.54, 1.807) is 6.07 Å². The maximum Gasteiger partial charge on any atom is 0.274 e. The molecule has 1 saturated carbocycles. The summed E-state index contributed by atoms with van der Waals surface area (Å²) in [6.45, 7) is 2.22. The van der Waals surface area contributed by atoms with E-state index in [1.807, 2.05) is 6.07 Å². The number of benzene rings is 1.